The van der Waals surface area contributed by atoms with E-state index in [0.29, 0.717) is 34.0 Å². The highest BCUT2D eigenvalue weighted by atomic mass is 16.5. The SMILES string of the molecule is N#CC(C#N)=C1Nc2c(c(-c3ccccc3-c3ccccc3)c3c(c2-c2ccccc2-c2ccccc2)OC(=C(C#N)C#N)N3)O1. The monoisotopic (exact) mass is 592 g/mol. The fourth-order valence-electron chi connectivity index (χ4n) is 5.76. The number of benzene rings is 5. The summed E-state index contributed by atoms with van der Waals surface area (Å²) in [7, 11) is 0. The third-order valence-electron chi connectivity index (χ3n) is 7.76. The highest BCUT2D eigenvalue weighted by Crippen LogP contribution is 2.61. The first-order valence-corrected chi connectivity index (χ1v) is 14.2. The van der Waals surface area contributed by atoms with Crippen LogP contribution in [0.3, 0.4) is 0 Å². The van der Waals surface area contributed by atoms with Gasteiger partial charge in [0.25, 0.3) is 0 Å². The minimum Gasteiger partial charge on any atom is -0.436 e. The summed E-state index contributed by atoms with van der Waals surface area (Å²) in [6, 6.07) is 42.9. The van der Waals surface area contributed by atoms with E-state index in [-0.39, 0.29) is 22.9 Å². The molecule has 0 saturated heterocycles. The van der Waals surface area contributed by atoms with Crippen LogP contribution in [0.4, 0.5) is 11.4 Å². The van der Waals surface area contributed by atoms with Gasteiger partial charge < -0.3 is 20.1 Å². The first-order valence-electron chi connectivity index (χ1n) is 14.2. The van der Waals surface area contributed by atoms with Crippen molar-refractivity contribution in [2.24, 2.45) is 0 Å². The summed E-state index contributed by atoms with van der Waals surface area (Å²) in [4.78, 5) is 0. The smallest absolute Gasteiger partial charge is 0.226 e. The van der Waals surface area contributed by atoms with Crippen LogP contribution in [-0.4, -0.2) is 0 Å². The van der Waals surface area contributed by atoms with E-state index in [1.807, 2.05) is 133 Å². The van der Waals surface area contributed by atoms with Crippen molar-refractivity contribution in [3.05, 3.63) is 132 Å². The molecule has 0 radical (unpaired) electrons. The van der Waals surface area contributed by atoms with Crippen molar-refractivity contribution in [1.29, 1.82) is 21.0 Å². The second kappa shape index (κ2) is 11.4. The molecule has 8 heteroatoms. The number of nitrogens with one attached hydrogen (secondary N) is 2. The molecule has 0 saturated carbocycles. The van der Waals surface area contributed by atoms with E-state index >= 15 is 0 Å². The molecule has 2 aliphatic heterocycles. The van der Waals surface area contributed by atoms with Gasteiger partial charge in [0.1, 0.15) is 24.3 Å². The molecule has 0 spiro atoms. The van der Waals surface area contributed by atoms with Crippen molar-refractivity contribution in [3.8, 4) is 80.3 Å². The van der Waals surface area contributed by atoms with Crippen LogP contribution in [0.5, 0.6) is 11.5 Å². The second-order valence-corrected chi connectivity index (χ2v) is 10.3. The number of hydrogen-bond acceptors (Lipinski definition) is 8. The molecule has 0 aromatic heterocycles. The van der Waals surface area contributed by atoms with Gasteiger partial charge in [0, 0.05) is 0 Å². The van der Waals surface area contributed by atoms with Gasteiger partial charge in [-0.05, 0) is 33.4 Å². The minimum atomic E-state index is -0.230. The molecule has 0 amide bonds. The Bertz CT molecular complexity index is 2060. The zero-order valence-corrected chi connectivity index (χ0v) is 24.0. The number of ether oxygens (including phenoxy) is 2. The largest absolute Gasteiger partial charge is 0.436 e. The minimum absolute atomic E-state index is 0.00828. The van der Waals surface area contributed by atoms with Gasteiger partial charge in [-0.1, -0.05) is 109 Å². The average molecular weight is 593 g/mol. The van der Waals surface area contributed by atoms with E-state index in [2.05, 4.69) is 10.6 Å². The summed E-state index contributed by atoms with van der Waals surface area (Å²) in [5.41, 5.74) is 6.78. The average Bonchev–Trinajstić information content (AvgIpc) is 3.74. The van der Waals surface area contributed by atoms with Gasteiger partial charge in [-0.3, -0.25) is 0 Å². The summed E-state index contributed by atoms with van der Waals surface area (Å²) in [5, 5.41) is 45.6. The predicted molar refractivity (Wildman–Crippen MR) is 173 cm³/mol. The van der Waals surface area contributed by atoms with Gasteiger partial charge in [0.05, 0.1) is 22.5 Å². The number of hydrogen-bond donors (Lipinski definition) is 2. The standard InChI is InChI=1S/C38H20N6O2/c39-19-25(20-40)37-43-33-31(29-17-9-7-15-27(29)23-11-3-1-4-12-23)35-34(44-38(45-35)26(21-41)22-42)32(36(33)46-37)30-18-10-8-16-28(30)24-13-5-2-6-14-24/h1-18,43-44H. The molecule has 5 aromatic carbocycles. The van der Waals surface area contributed by atoms with Crippen molar-refractivity contribution < 1.29 is 9.47 Å². The molecule has 7 rings (SSSR count). The van der Waals surface area contributed by atoms with Gasteiger partial charge in [-0.2, -0.15) is 21.0 Å². The first kappa shape index (κ1) is 27.6. The number of anilines is 2. The Kier molecular flexibility index (Phi) is 6.85. The van der Waals surface area contributed by atoms with Crippen LogP contribution >= 0.6 is 0 Å². The molecule has 0 unspecified atom stereocenters. The quantitative estimate of drug-likeness (QED) is 0.198. The Morgan fingerprint density at radius 1 is 0.435 bits per heavy atom. The third kappa shape index (κ3) is 4.45. The Morgan fingerprint density at radius 3 is 1.11 bits per heavy atom. The molecule has 2 heterocycles. The maximum Gasteiger partial charge on any atom is 0.226 e. The summed E-state index contributed by atoms with van der Waals surface area (Å²) >= 11 is 0. The van der Waals surface area contributed by atoms with Gasteiger partial charge in [-0.25, -0.2) is 0 Å². The highest BCUT2D eigenvalue weighted by Gasteiger charge is 2.39. The van der Waals surface area contributed by atoms with Crippen molar-refractivity contribution in [2.75, 3.05) is 10.6 Å². The number of rotatable bonds is 4. The third-order valence-corrected chi connectivity index (χ3v) is 7.76. The maximum absolute atomic E-state index is 9.79. The van der Waals surface area contributed by atoms with Crippen LogP contribution in [0, 0.1) is 45.3 Å². The highest BCUT2D eigenvalue weighted by molar-refractivity contribution is 6.09. The molecule has 2 N–H and O–H groups in total. The van der Waals surface area contributed by atoms with E-state index in [0.717, 1.165) is 33.4 Å². The number of nitriles is 4. The molecular formula is C38H20N6O2. The van der Waals surface area contributed by atoms with Gasteiger partial charge >= 0.3 is 0 Å². The van der Waals surface area contributed by atoms with Crippen LogP contribution in [-0.2, 0) is 0 Å². The molecule has 5 aromatic rings. The summed E-state index contributed by atoms with van der Waals surface area (Å²) in [6.45, 7) is 0. The molecular weight excluding hydrogens is 572 g/mol. The lowest BCUT2D eigenvalue weighted by atomic mass is 9.87. The van der Waals surface area contributed by atoms with Crippen molar-refractivity contribution in [1.82, 2.24) is 0 Å². The molecule has 0 bridgehead atoms. The lowest BCUT2D eigenvalue weighted by Crippen LogP contribution is -2.03. The molecule has 0 fully saturated rings. The Morgan fingerprint density at radius 2 is 0.761 bits per heavy atom. The maximum atomic E-state index is 9.79. The summed E-state index contributed by atoms with van der Waals surface area (Å²) in [5.74, 6) is 0.689. The zero-order valence-electron chi connectivity index (χ0n) is 24.0. The van der Waals surface area contributed by atoms with Crippen molar-refractivity contribution >= 4 is 11.4 Å². The van der Waals surface area contributed by atoms with E-state index < -0.39 is 0 Å². The Hall–Kier alpha value is -7.26. The van der Waals surface area contributed by atoms with Gasteiger partial charge in [-0.15, -0.1) is 0 Å². The number of allylic oxidation sites excluding steroid dienone is 2. The zero-order chi connectivity index (χ0) is 31.6. The topological polar surface area (TPSA) is 138 Å². The lowest BCUT2D eigenvalue weighted by molar-refractivity contribution is 0.452. The van der Waals surface area contributed by atoms with Gasteiger partial charge in [0.2, 0.25) is 11.8 Å². The molecule has 0 aliphatic carbocycles. The van der Waals surface area contributed by atoms with Crippen LogP contribution in [0.15, 0.2) is 132 Å². The summed E-state index contributed by atoms with van der Waals surface area (Å²) in [6.07, 6.45) is 0. The molecule has 8 nitrogen and oxygen atoms in total. The lowest BCUT2D eigenvalue weighted by Gasteiger charge is -2.20. The molecule has 46 heavy (non-hydrogen) atoms. The Balaban J connectivity index is 1.62. The second-order valence-electron chi connectivity index (χ2n) is 10.3. The molecule has 2 aliphatic rings. The van der Waals surface area contributed by atoms with Crippen LogP contribution in [0.2, 0.25) is 0 Å². The van der Waals surface area contributed by atoms with E-state index in [4.69, 9.17) is 9.47 Å². The number of nitrogens with zero attached hydrogens (tertiary/aromatic N) is 4. The van der Waals surface area contributed by atoms with Crippen LogP contribution < -0.4 is 20.1 Å². The fraction of sp³-hybridized carbons (Fsp3) is 0. The molecule has 214 valence electrons. The fourth-order valence-corrected chi connectivity index (χ4v) is 5.76. The van der Waals surface area contributed by atoms with Gasteiger partial charge in [0.15, 0.2) is 22.6 Å². The number of fused-ring (bicyclic) bond motifs is 2. The molecule has 0 atom stereocenters. The predicted octanol–water partition coefficient (Wildman–Crippen LogP) is 8.48. The van der Waals surface area contributed by atoms with E-state index in [9.17, 15) is 21.0 Å². The summed E-state index contributed by atoms with van der Waals surface area (Å²) < 4.78 is 12.8. The van der Waals surface area contributed by atoms with E-state index in [1.165, 1.54) is 0 Å². The Labute approximate surface area is 264 Å². The van der Waals surface area contributed by atoms with Crippen LogP contribution in [0.1, 0.15) is 0 Å². The van der Waals surface area contributed by atoms with E-state index in [1.54, 1.807) is 0 Å². The van der Waals surface area contributed by atoms with Crippen molar-refractivity contribution in [2.45, 2.75) is 0 Å². The van der Waals surface area contributed by atoms with Crippen molar-refractivity contribution in [3.63, 3.8) is 0 Å². The first-order chi connectivity index (χ1) is 22.7. The van der Waals surface area contributed by atoms with Crippen LogP contribution in [0.25, 0.3) is 44.5 Å². The normalized spacial score (nSPS) is 12.0.